The fourth-order valence-corrected chi connectivity index (χ4v) is 4.02. The summed E-state index contributed by atoms with van der Waals surface area (Å²) in [5.41, 5.74) is 0.762. The lowest BCUT2D eigenvalue weighted by atomic mass is 10.0. The predicted octanol–water partition coefficient (Wildman–Crippen LogP) is 1.89. The van der Waals surface area contributed by atoms with Crippen LogP contribution in [0, 0.1) is 0 Å². The van der Waals surface area contributed by atoms with Crippen LogP contribution in [0.5, 0.6) is 17.2 Å². The molecule has 1 fully saturated rings. The summed E-state index contributed by atoms with van der Waals surface area (Å²) in [5, 5.41) is 16.9. The first-order chi connectivity index (χ1) is 15.6. The van der Waals surface area contributed by atoms with E-state index in [1.165, 1.54) is 0 Å². The number of benzene rings is 2. The zero-order valence-electron chi connectivity index (χ0n) is 18.3. The van der Waals surface area contributed by atoms with Gasteiger partial charge in [-0.1, -0.05) is 12.1 Å². The average molecular weight is 442 g/mol. The highest BCUT2D eigenvalue weighted by Gasteiger charge is 2.28. The Bertz CT molecular complexity index is 883. The summed E-state index contributed by atoms with van der Waals surface area (Å²) >= 11 is 0. The van der Waals surface area contributed by atoms with E-state index in [0.717, 1.165) is 37.4 Å². The number of amides is 1. The summed E-state index contributed by atoms with van der Waals surface area (Å²) in [6.45, 7) is 2.81. The van der Waals surface area contributed by atoms with Crippen LogP contribution in [0.3, 0.4) is 0 Å². The molecule has 2 aliphatic heterocycles. The first-order valence-electron chi connectivity index (χ1n) is 11.1. The first-order valence-corrected chi connectivity index (χ1v) is 11.1. The second-order valence-corrected chi connectivity index (χ2v) is 8.22. The summed E-state index contributed by atoms with van der Waals surface area (Å²) in [4.78, 5) is 14.5. The maximum absolute atomic E-state index is 12.3. The minimum Gasteiger partial charge on any atom is -0.497 e. The monoisotopic (exact) mass is 441 g/mol. The van der Waals surface area contributed by atoms with Crippen LogP contribution in [0.1, 0.15) is 12.8 Å². The normalized spacial score (nSPS) is 19.9. The highest BCUT2D eigenvalue weighted by molar-refractivity contribution is 5.92. The quantitative estimate of drug-likeness (QED) is 0.576. The van der Waals surface area contributed by atoms with Crippen LogP contribution in [-0.4, -0.2) is 74.1 Å². The summed E-state index contributed by atoms with van der Waals surface area (Å²) < 4.78 is 16.7. The molecule has 32 heavy (non-hydrogen) atoms. The number of fused-ring (bicyclic) bond motifs is 1. The minimum absolute atomic E-state index is 0.0215. The van der Waals surface area contributed by atoms with Crippen molar-refractivity contribution in [3.05, 3.63) is 48.5 Å². The SMILES string of the molecule is COc1ccc(NC(=O)CN2CCC(NCC(O)C3COc4ccccc4O3)CC2)cc1. The highest BCUT2D eigenvalue weighted by Crippen LogP contribution is 2.31. The molecule has 172 valence electrons. The number of anilines is 1. The highest BCUT2D eigenvalue weighted by atomic mass is 16.6. The van der Waals surface area contributed by atoms with Gasteiger partial charge in [0, 0.05) is 31.4 Å². The molecule has 0 spiro atoms. The van der Waals surface area contributed by atoms with Gasteiger partial charge in [-0.15, -0.1) is 0 Å². The van der Waals surface area contributed by atoms with Crippen LogP contribution >= 0.6 is 0 Å². The minimum atomic E-state index is -0.656. The third kappa shape index (κ3) is 5.91. The zero-order chi connectivity index (χ0) is 22.3. The number of aliphatic hydroxyl groups excluding tert-OH is 1. The molecule has 2 aliphatic rings. The van der Waals surface area contributed by atoms with Gasteiger partial charge in [0.05, 0.1) is 13.7 Å². The number of hydrogen-bond acceptors (Lipinski definition) is 7. The second-order valence-electron chi connectivity index (χ2n) is 8.22. The number of ether oxygens (including phenoxy) is 3. The zero-order valence-corrected chi connectivity index (χ0v) is 18.3. The molecule has 0 radical (unpaired) electrons. The van der Waals surface area contributed by atoms with Gasteiger partial charge in [0.1, 0.15) is 18.5 Å². The number of hydrogen-bond donors (Lipinski definition) is 3. The predicted molar refractivity (Wildman–Crippen MR) is 121 cm³/mol. The maximum atomic E-state index is 12.3. The van der Waals surface area contributed by atoms with Crippen LogP contribution < -0.4 is 24.8 Å². The van der Waals surface area contributed by atoms with Gasteiger partial charge in [-0.3, -0.25) is 9.69 Å². The van der Waals surface area contributed by atoms with Crippen molar-refractivity contribution in [2.24, 2.45) is 0 Å². The van der Waals surface area contributed by atoms with E-state index in [9.17, 15) is 9.90 Å². The molecule has 3 N–H and O–H groups in total. The maximum Gasteiger partial charge on any atom is 0.238 e. The van der Waals surface area contributed by atoms with Gasteiger partial charge in [0.2, 0.25) is 5.91 Å². The van der Waals surface area contributed by atoms with Gasteiger partial charge in [0.25, 0.3) is 0 Å². The number of carbonyl (C=O) groups is 1. The van der Waals surface area contributed by atoms with Crippen LogP contribution in [0.2, 0.25) is 0 Å². The lowest BCUT2D eigenvalue weighted by Gasteiger charge is -2.34. The van der Waals surface area contributed by atoms with E-state index in [1.54, 1.807) is 7.11 Å². The standard InChI is InChI=1S/C24H31N3O5/c1-30-19-8-6-18(7-9-19)26-24(29)15-27-12-10-17(11-13-27)25-14-20(28)23-16-31-21-4-2-3-5-22(21)32-23/h2-9,17,20,23,25,28H,10-16H2,1H3,(H,26,29). The number of methoxy groups -OCH3 is 1. The molecule has 2 aromatic rings. The molecular weight excluding hydrogens is 410 g/mol. The van der Waals surface area contributed by atoms with Gasteiger partial charge in [-0.2, -0.15) is 0 Å². The lowest BCUT2D eigenvalue weighted by Crippen LogP contribution is -2.50. The fourth-order valence-electron chi connectivity index (χ4n) is 4.02. The van der Waals surface area contributed by atoms with Crippen molar-refractivity contribution in [3.63, 3.8) is 0 Å². The van der Waals surface area contributed by atoms with Crippen LogP contribution in [0.25, 0.3) is 0 Å². The number of rotatable bonds is 8. The van der Waals surface area contributed by atoms with E-state index in [4.69, 9.17) is 14.2 Å². The Morgan fingerprint density at radius 2 is 1.88 bits per heavy atom. The van der Waals surface area contributed by atoms with Crippen LogP contribution in [-0.2, 0) is 4.79 Å². The Hall–Kier alpha value is -2.81. The topological polar surface area (TPSA) is 92.3 Å². The van der Waals surface area contributed by atoms with Crippen molar-refractivity contribution in [1.29, 1.82) is 0 Å². The van der Waals surface area contributed by atoms with Crippen molar-refractivity contribution < 1.29 is 24.1 Å². The molecule has 0 bridgehead atoms. The molecule has 2 heterocycles. The molecule has 2 atom stereocenters. The fraction of sp³-hybridized carbons (Fsp3) is 0.458. The number of piperidine rings is 1. The Kier molecular flexibility index (Phi) is 7.47. The first kappa shape index (κ1) is 22.4. The summed E-state index contributed by atoms with van der Waals surface area (Å²) in [6, 6.07) is 15.1. The summed E-state index contributed by atoms with van der Waals surface area (Å²) in [5.74, 6) is 2.12. The van der Waals surface area contributed by atoms with E-state index >= 15 is 0 Å². The number of nitrogens with one attached hydrogen (secondary N) is 2. The van der Waals surface area contributed by atoms with Gasteiger partial charge in [0.15, 0.2) is 17.6 Å². The molecular formula is C24H31N3O5. The van der Waals surface area contributed by atoms with Gasteiger partial charge in [-0.25, -0.2) is 0 Å². The molecule has 0 aromatic heterocycles. The van der Waals surface area contributed by atoms with Crippen LogP contribution in [0.4, 0.5) is 5.69 Å². The Morgan fingerprint density at radius 1 is 1.16 bits per heavy atom. The summed E-state index contributed by atoms with van der Waals surface area (Å²) in [7, 11) is 1.62. The molecule has 8 heteroatoms. The lowest BCUT2D eigenvalue weighted by molar-refractivity contribution is -0.117. The smallest absolute Gasteiger partial charge is 0.238 e. The third-order valence-corrected chi connectivity index (χ3v) is 5.90. The third-order valence-electron chi connectivity index (χ3n) is 5.90. The van der Waals surface area contributed by atoms with Crippen LogP contribution in [0.15, 0.2) is 48.5 Å². The van der Waals surface area contributed by atoms with Crippen molar-refractivity contribution in [3.8, 4) is 17.2 Å². The molecule has 0 aliphatic carbocycles. The van der Waals surface area contributed by atoms with E-state index < -0.39 is 6.10 Å². The van der Waals surface area contributed by atoms with Gasteiger partial charge in [-0.05, 0) is 49.2 Å². The Morgan fingerprint density at radius 3 is 2.59 bits per heavy atom. The molecule has 1 saturated heterocycles. The summed E-state index contributed by atoms with van der Waals surface area (Å²) in [6.07, 6.45) is 0.802. The van der Waals surface area contributed by atoms with Gasteiger partial charge >= 0.3 is 0 Å². The molecule has 8 nitrogen and oxygen atoms in total. The van der Waals surface area contributed by atoms with Gasteiger partial charge < -0.3 is 30.0 Å². The van der Waals surface area contributed by atoms with E-state index in [2.05, 4.69) is 15.5 Å². The molecule has 2 unspecified atom stereocenters. The molecule has 2 aromatic carbocycles. The number of aliphatic hydroxyl groups is 1. The molecule has 0 saturated carbocycles. The van der Waals surface area contributed by atoms with E-state index in [-0.39, 0.29) is 12.0 Å². The van der Waals surface area contributed by atoms with Crippen molar-refractivity contribution in [1.82, 2.24) is 10.2 Å². The number of carbonyl (C=O) groups excluding carboxylic acids is 1. The molecule has 1 amide bonds. The van der Waals surface area contributed by atoms with Crippen molar-refractivity contribution >= 4 is 11.6 Å². The molecule has 4 rings (SSSR count). The van der Waals surface area contributed by atoms with Crippen molar-refractivity contribution in [2.45, 2.75) is 31.1 Å². The largest absolute Gasteiger partial charge is 0.497 e. The second kappa shape index (κ2) is 10.7. The van der Waals surface area contributed by atoms with Crippen molar-refractivity contribution in [2.75, 3.05) is 45.2 Å². The number of nitrogens with zero attached hydrogens (tertiary/aromatic N) is 1. The Labute approximate surface area is 188 Å². The number of para-hydroxylation sites is 2. The van der Waals surface area contributed by atoms with E-state index in [0.29, 0.717) is 37.2 Å². The average Bonchev–Trinajstić information content (AvgIpc) is 2.83. The Balaban J connectivity index is 1.14. The van der Waals surface area contributed by atoms with E-state index in [1.807, 2.05) is 48.5 Å². The number of likely N-dealkylation sites (tertiary alicyclic amines) is 1.